The number of amides is 1. The Hall–Kier alpha value is -2.83. The predicted octanol–water partition coefficient (Wildman–Crippen LogP) is 6.20. The molecule has 3 aliphatic rings. The van der Waals surface area contributed by atoms with Crippen molar-refractivity contribution in [3.05, 3.63) is 41.7 Å². The lowest BCUT2D eigenvalue weighted by atomic mass is 9.92. The van der Waals surface area contributed by atoms with Crippen molar-refractivity contribution in [2.75, 3.05) is 23.7 Å². The Morgan fingerprint density at radius 3 is 2.12 bits per heavy atom. The number of nitrogens with one attached hydrogen (secondary N) is 2. The molecule has 9 nitrogen and oxygen atoms in total. The lowest BCUT2D eigenvalue weighted by Crippen LogP contribution is -2.42. The van der Waals surface area contributed by atoms with Gasteiger partial charge in [0.05, 0.1) is 11.9 Å². The highest BCUT2D eigenvalue weighted by Crippen LogP contribution is 2.34. The molecule has 3 aromatic rings. The van der Waals surface area contributed by atoms with Gasteiger partial charge >= 0.3 is 6.18 Å². The third-order valence-electron chi connectivity index (χ3n) is 8.83. The van der Waals surface area contributed by atoms with Gasteiger partial charge < -0.3 is 25.8 Å². The smallest absolute Gasteiger partial charge is 0.365 e. The maximum absolute atomic E-state index is 13.0. The predicted molar refractivity (Wildman–Crippen MR) is 165 cm³/mol. The molecule has 0 spiro atoms. The Kier molecular flexibility index (Phi) is 10.7. The summed E-state index contributed by atoms with van der Waals surface area (Å²) in [6.07, 6.45) is 7.41. The van der Waals surface area contributed by atoms with E-state index in [0.717, 1.165) is 61.8 Å². The number of halogens is 5. The van der Waals surface area contributed by atoms with Gasteiger partial charge in [0.25, 0.3) is 5.91 Å². The molecule has 3 fully saturated rings. The lowest BCUT2D eigenvalue weighted by molar-refractivity contribution is -0.137. The fourth-order valence-corrected chi connectivity index (χ4v) is 6.38. The van der Waals surface area contributed by atoms with Crippen molar-refractivity contribution in [1.29, 1.82) is 0 Å². The van der Waals surface area contributed by atoms with Crippen LogP contribution in [0.1, 0.15) is 86.2 Å². The Morgan fingerprint density at radius 2 is 1.49 bits per heavy atom. The van der Waals surface area contributed by atoms with Crippen LogP contribution in [0.4, 0.5) is 24.9 Å². The van der Waals surface area contributed by atoms with E-state index in [1.165, 1.54) is 25.0 Å². The number of imidazole rings is 1. The number of likely N-dealkylation sites (tertiary alicyclic amines) is 1. The lowest BCUT2D eigenvalue weighted by Gasteiger charge is -2.33. The van der Waals surface area contributed by atoms with Crippen LogP contribution in [0.3, 0.4) is 0 Å². The van der Waals surface area contributed by atoms with Crippen LogP contribution in [0.25, 0.3) is 11.2 Å². The van der Waals surface area contributed by atoms with Crippen LogP contribution in [0, 0.1) is 0 Å². The van der Waals surface area contributed by atoms with Crippen LogP contribution in [0.5, 0.6) is 0 Å². The first-order chi connectivity index (χ1) is 19.7. The molecule has 6 rings (SSSR count). The highest BCUT2D eigenvalue weighted by atomic mass is 35.5. The van der Waals surface area contributed by atoms with Gasteiger partial charge in [-0.3, -0.25) is 4.79 Å². The maximum Gasteiger partial charge on any atom is 0.416 e. The summed E-state index contributed by atoms with van der Waals surface area (Å²) in [7, 11) is 0. The van der Waals surface area contributed by atoms with Crippen LogP contribution >= 0.6 is 24.8 Å². The molecule has 2 saturated carbocycles. The first-order valence-corrected chi connectivity index (χ1v) is 14.7. The number of benzene rings is 1. The maximum atomic E-state index is 13.0. The summed E-state index contributed by atoms with van der Waals surface area (Å²) in [4.78, 5) is 29.2. The zero-order chi connectivity index (χ0) is 28.6. The zero-order valence-corrected chi connectivity index (χ0v) is 25.5. The summed E-state index contributed by atoms with van der Waals surface area (Å²) in [6.45, 7) is 0.991. The van der Waals surface area contributed by atoms with Crippen LogP contribution in [-0.2, 0) is 6.18 Å². The van der Waals surface area contributed by atoms with E-state index in [9.17, 15) is 18.0 Å². The second-order valence-electron chi connectivity index (χ2n) is 11.7. The fraction of sp³-hybridized carbons (Fsp3) is 0.586. The van der Waals surface area contributed by atoms with E-state index in [-0.39, 0.29) is 54.4 Å². The summed E-state index contributed by atoms with van der Waals surface area (Å²) in [5.41, 5.74) is 7.19. The van der Waals surface area contributed by atoms with E-state index in [2.05, 4.69) is 15.2 Å². The SMILES string of the molecule is Cl.Cl.N[C@H]1CC[C@H](Nc2nc(NC3CCN(C(=O)c4ccc(C(F)(F)F)cc4)CC3)c3ncn(C4CCCC4)c3n2)CC1. The number of fused-ring (bicyclic) bond motifs is 1. The Morgan fingerprint density at radius 1 is 0.860 bits per heavy atom. The van der Waals surface area contributed by atoms with Gasteiger partial charge in [-0.2, -0.15) is 23.1 Å². The van der Waals surface area contributed by atoms with Crippen molar-refractivity contribution in [3.63, 3.8) is 0 Å². The molecule has 1 saturated heterocycles. The van der Waals surface area contributed by atoms with Crippen LogP contribution in [0.2, 0.25) is 0 Å². The van der Waals surface area contributed by atoms with Crippen molar-refractivity contribution < 1.29 is 18.0 Å². The highest BCUT2D eigenvalue weighted by molar-refractivity contribution is 5.94. The van der Waals surface area contributed by atoms with Gasteiger partial charge in [0.1, 0.15) is 0 Å². The molecule has 1 aliphatic heterocycles. The third kappa shape index (κ3) is 7.46. The summed E-state index contributed by atoms with van der Waals surface area (Å²) in [6, 6.07) is 5.42. The zero-order valence-electron chi connectivity index (χ0n) is 23.9. The molecule has 2 aliphatic carbocycles. The first-order valence-electron chi connectivity index (χ1n) is 14.7. The molecule has 0 atom stereocenters. The third-order valence-corrected chi connectivity index (χ3v) is 8.83. The normalized spacial score (nSPS) is 21.7. The molecule has 3 heterocycles. The number of nitrogens with zero attached hydrogens (tertiary/aromatic N) is 5. The molecule has 0 radical (unpaired) electrons. The number of alkyl halides is 3. The van der Waals surface area contributed by atoms with Gasteiger partial charge in [-0.1, -0.05) is 12.8 Å². The van der Waals surface area contributed by atoms with Crippen molar-refractivity contribution >= 4 is 53.7 Å². The first kappa shape index (κ1) is 33.1. The largest absolute Gasteiger partial charge is 0.416 e. The van der Waals surface area contributed by atoms with E-state index >= 15 is 0 Å². The molecule has 14 heteroatoms. The van der Waals surface area contributed by atoms with E-state index < -0.39 is 11.7 Å². The topological polar surface area (TPSA) is 114 Å². The summed E-state index contributed by atoms with van der Waals surface area (Å²) < 4.78 is 40.9. The van der Waals surface area contributed by atoms with Gasteiger partial charge in [0.2, 0.25) is 5.95 Å². The second kappa shape index (κ2) is 13.9. The number of carbonyl (C=O) groups excluding carboxylic acids is 1. The summed E-state index contributed by atoms with van der Waals surface area (Å²) >= 11 is 0. The molecule has 43 heavy (non-hydrogen) atoms. The van der Waals surface area contributed by atoms with E-state index in [1.54, 1.807) is 4.90 Å². The minimum absolute atomic E-state index is 0. The minimum Gasteiger partial charge on any atom is -0.365 e. The average Bonchev–Trinajstić information content (AvgIpc) is 3.64. The van der Waals surface area contributed by atoms with Crippen molar-refractivity contribution in [1.82, 2.24) is 24.4 Å². The number of carbonyl (C=O) groups is 1. The highest BCUT2D eigenvalue weighted by Gasteiger charge is 2.31. The van der Waals surface area contributed by atoms with Crippen LogP contribution in [0.15, 0.2) is 30.6 Å². The number of hydrogen-bond acceptors (Lipinski definition) is 7. The number of nitrogens with two attached hydrogens (primary N) is 1. The van der Waals surface area contributed by atoms with Gasteiger partial charge in [-0.05, 0) is 75.6 Å². The second-order valence-corrected chi connectivity index (χ2v) is 11.7. The average molecular weight is 644 g/mol. The van der Waals surface area contributed by atoms with E-state index in [4.69, 9.17) is 20.7 Å². The molecule has 2 aromatic heterocycles. The minimum atomic E-state index is -4.43. The Labute approximate surface area is 261 Å². The van der Waals surface area contributed by atoms with Gasteiger partial charge in [-0.25, -0.2) is 4.98 Å². The van der Waals surface area contributed by atoms with Crippen molar-refractivity contribution in [2.45, 2.75) is 94.6 Å². The quantitative estimate of drug-likeness (QED) is 0.293. The van der Waals surface area contributed by atoms with Crippen molar-refractivity contribution in [3.8, 4) is 0 Å². The van der Waals surface area contributed by atoms with Crippen LogP contribution in [-0.4, -0.2) is 61.5 Å². The molecular formula is C29H39Cl2F3N8O. The fourth-order valence-electron chi connectivity index (χ4n) is 6.38. The van der Waals surface area contributed by atoms with E-state index in [1.807, 2.05) is 6.33 Å². The van der Waals surface area contributed by atoms with Gasteiger partial charge in [0.15, 0.2) is 17.0 Å². The monoisotopic (exact) mass is 642 g/mol. The molecule has 1 aromatic carbocycles. The van der Waals surface area contributed by atoms with Gasteiger partial charge in [0, 0.05) is 42.8 Å². The van der Waals surface area contributed by atoms with Gasteiger partial charge in [-0.15, -0.1) is 24.8 Å². The number of piperidine rings is 1. The molecule has 0 unspecified atom stereocenters. The molecule has 236 valence electrons. The number of aromatic nitrogens is 4. The van der Waals surface area contributed by atoms with Crippen molar-refractivity contribution in [2.24, 2.45) is 5.73 Å². The number of rotatable bonds is 6. The number of anilines is 2. The Balaban J connectivity index is 0.00000212. The number of hydrogen-bond donors (Lipinski definition) is 3. The molecular weight excluding hydrogens is 604 g/mol. The summed E-state index contributed by atoms with van der Waals surface area (Å²) in [5, 5.41) is 7.14. The van der Waals surface area contributed by atoms with E-state index in [0.29, 0.717) is 43.7 Å². The molecule has 0 bridgehead atoms. The van der Waals surface area contributed by atoms with Crippen LogP contribution < -0.4 is 16.4 Å². The Bertz CT molecular complexity index is 1360. The molecule has 1 amide bonds. The standard InChI is InChI=1S/C29H37F3N8O.2ClH/c30-29(31,32)19-7-5-18(6-8-19)27(41)39-15-13-22(14-16-39)35-25-24-26(40(17-34-24)23-3-1-2-4-23)38-28(37-25)36-21-11-9-20(33)10-12-21;;/h5-8,17,20-23H,1-4,9-16,33H2,(H2,35,36,37,38);2*1H/t20-,21-;;. The summed E-state index contributed by atoms with van der Waals surface area (Å²) in [5.74, 6) is 1.03. The molecule has 4 N–H and O–H groups in total.